The molecule has 13 nitrogen and oxygen atoms in total. The van der Waals surface area contributed by atoms with Gasteiger partial charge in [0.15, 0.2) is 0 Å². The fourth-order valence-corrected chi connectivity index (χ4v) is 20.7. The molecule has 13 heteroatoms. The normalized spacial score (nSPS) is 11.8. The summed E-state index contributed by atoms with van der Waals surface area (Å²) in [4.78, 5) is 19.6. The van der Waals surface area contributed by atoms with E-state index in [9.17, 15) is 0 Å². The van der Waals surface area contributed by atoms with Crippen LogP contribution in [0.4, 0.5) is 0 Å². The lowest BCUT2D eigenvalue weighted by molar-refractivity contribution is 0.668. The molecule has 0 aliphatic rings. The van der Waals surface area contributed by atoms with Crippen molar-refractivity contribution >= 4 is 197 Å². The van der Waals surface area contributed by atoms with Crippen LogP contribution >= 0.6 is 0 Å². The predicted molar refractivity (Wildman–Crippen MR) is 571 cm³/mol. The number of pyridine rings is 4. The van der Waals surface area contributed by atoms with Crippen LogP contribution in [0.1, 0.15) is 0 Å². The molecular formula is C128H74N4O9. The molecule has 0 bridgehead atoms. The average molecular weight is 1810 g/mol. The first kappa shape index (κ1) is 80.2. The van der Waals surface area contributed by atoms with E-state index in [2.05, 4.69) is 247 Å². The van der Waals surface area contributed by atoms with Crippen LogP contribution in [-0.2, 0) is 0 Å². The number of fused-ring (bicyclic) bond motifs is 27. The van der Waals surface area contributed by atoms with E-state index < -0.39 is 0 Å². The van der Waals surface area contributed by atoms with E-state index in [1.54, 1.807) is 0 Å². The minimum Gasteiger partial charge on any atom is -0.456 e. The molecule has 0 aliphatic heterocycles. The smallest absolute Gasteiger partial charge is 0.144 e. The Kier molecular flexibility index (Phi) is 18.7. The van der Waals surface area contributed by atoms with Crippen LogP contribution in [0.25, 0.3) is 298 Å². The first-order valence-electron chi connectivity index (χ1n) is 46.9. The van der Waals surface area contributed by atoms with Gasteiger partial charge < -0.3 is 39.8 Å². The molecule has 0 aliphatic carbocycles. The highest BCUT2D eigenvalue weighted by atomic mass is 16.4. The van der Waals surface area contributed by atoms with Crippen LogP contribution < -0.4 is 0 Å². The molecule has 0 atom stereocenters. The van der Waals surface area contributed by atoms with Gasteiger partial charge in [-0.05, 0) is 174 Å². The summed E-state index contributed by atoms with van der Waals surface area (Å²) >= 11 is 0. The molecular weight excluding hydrogens is 1740 g/mol. The first-order valence-corrected chi connectivity index (χ1v) is 46.9. The van der Waals surface area contributed by atoms with Crippen molar-refractivity contribution in [1.82, 2.24) is 19.9 Å². The third kappa shape index (κ3) is 13.6. The van der Waals surface area contributed by atoms with Gasteiger partial charge >= 0.3 is 0 Å². The minimum absolute atomic E-state index is 0.813. The number of nitrogens with zero attached hydrogens (tertiary/aromatic N) is 4. The maximum absolute atomic E-state index is 6.49. The summed E-state index contributed by atoms with van der Waals surface area (Å²) in [6.07, 6.45) is 5.69. The number of furan rings is 9. The lowest BCUT2D eigenvalue weighted by Gasteiger charge is -2.11. The largest absolute Gasteiger partial charge is 0.456 e. The Morgan fingerprint density at radius 1 is 0.135 bits per heavy atom. The number of aromatic nitrogens is 4. The molecule has 0 radical (unpaired) electrons. The average Bonchev–Trinajstić information content (AvgIpc) is 1.62. The van der Waals surface area contributed by atoms with Crippen molar-refractivity contribution < 1.29 is 39.8 Å². The molecule has 141 heavy (non-hydrogen) atoms. The summed E-state index contributed by atoms with van der Waals surface area (Å²) < 4.78 is 56.4. The Bertz CT molecular complexity index is 9520. The van der Waals surface area contributed by atoms with E-state index in [0.29, 0.717) is 0 Å². The zero-order chi connectivity index (χ0) is 92.7. The van der Waals surface area contributed by atoms with Gasteiger partial charge in [0.05, 0.1) is 28.5 Å². The summed E-state index contributed by atoms with van der Waals surface area (Å²) in [5.74, 6) is 0. The number of hydrogen-bond acceptors (Lipinski definition) is 13. The second-order valence-electron chi connectivity index (χ2n) is 35.5. The molecule has 0 amide bonds. The summed E-state index contributed by atoms with van der Waals surface area (Å²) in [6, 6.07) is 147. The summed E-state index contributed by atoms with van der Waals surface area (Å²) in [5, 5.41) is 19.9. The lowest BCUT2D eigenvalue weighted by Crippen LogP contribution is -1.92. The lowest BCUT2D eigenvalue weighted by atomic mass is 9.97. The molecule has 0 unspecified atom stereocenters. The van der Waals surface area contributed by atoms with Gasteiger partial charge in [0.2, 0.25) is 0 Å². The zero-order valence-corrected chi connectivity index (χ0v) is 75.2. The standard InChI is InChI=1S/C41H23NO3.3C29H17NO2/c1-4-19-36-26(10-1)29-14-7-13-25(39(29)43-36)24-22-34(32-17-8-15-30-27-11-2-5-20-37(27)44-40(30)32)42-35(23-24)33-18-9-16-31-28-12-3-6-21-38(28)45-41(31)33;1-3-16-26-18(8-1)20-10-5-12-22(28(20)31-26)24-14-7-15-25(30-24)23-13-6-11-21-19-9-2-4-17-27(19)32-29(21)23;1-3-13-26-20(7-1)22-10-5-9-19(28(22)31-26)18-15-16-30-25(17-18)24-12-6-11-23-21-8-2-4-14-27(21)32-29(23)24;1-3-7-26-22(5-1)24-14-18(9-11-28(24)31-26)20-13-21(17-30-16-20)19-10-12-29-25(15-19)23-6-2-4-8-27(23)32-29/h1-23H;3*1-17H. The van der Waals surface area contributed by atoms with E-state index in [0.717, 1.165) is 298 Å². The topological polar surface area (TPSA) is 170 Å². The molecule has 18 aromatic carbocycles. The van der Waals surface area contributed by atoms with E-state index in [1.165, 1.54) is 0 Å². The molecule has 0 saturated carbocycles. The van der Waals surface area contributed by atoms with Crippen LogP contribution in [0, 0.1) is 0 Å². The Morgan fingerprint density at radius 2 is 0.369 bits per heavy atom. The fraction of sp³-hybridized carbons (Fsp3) is 0. The van der Waals surface area contributed by atoms with Gasteiger partial charge in [-0.15, -0.1) is 0 Å². The Balaban J connectivity index is 0.0000000932. The molecule has 0 fully saturated rings. The van der Waals surface area contributed by atoms with Crippen LogP contribution in [0.15, 0.2) is 489 Å². The molecule has 0 saturated heterocycles. The van der Waals surface area contributed by atoms with Crippen molar-refractivity contribution in [3.05, 3.63) is 449 Å². The quantitative estimate of drug-likeness (QED) is 0.134. The van der Waals surface area contributed by atoms with Gasteiger partial charge in [0, 0.05) is 166 Å². The van der Waals surface area contributed by atoms with Gasteiger partial charge in [-0.3, -0.25) is 9.97 Å². The van der Waals surface area contributed by atoms with E-state index in [-0.39, 0.29) is 0 Å². The molecule has 0 spiro atoms. The van der Waals surface area contributed by atoms with E-state index in [1.807, 2.05) is 213 Å². The van der Waals surface area contributed by atoms with Gasteiger partial charge in [-0.1, -0.05) is 279 Å². The van der Waals surface area contributed by atoms with E-state index in [4.69, 9.17) is 49.7 Å². The van der Waals surface area contributed by atoms with Gasteiger partial charge in [0.25, 0.3) is 0 Å². The second kappa shape index (κ2) is 32.8. The predicted octanol–water partition coefficient (Wildman–Crippen LogP) is 36.4. The highest BCUT2D eigenvalue weighted by Gasteiger charge is 2.25. The molecule has 31 rings (SSSR count). The molecule has 0 N–H and O–H groups in total. The Hall–Kier alpha value is -19.2. The van der Waals surface area contributed by atoms with Gasteiger partial charge in [0.1, 0.15) is 100 Å². The van der Waals surface area contributed by atoms with Crippen molar-refractivity contribution in [2.45, 2.75) is 0 Å². The number of rotatable bonds is 9. The Labute approximate surface area is 801 Å². The highest BCUT2D eigenvalue weighted by Crippen LogP contribution is 2.48. The monoisotopic (exact) mass is 1810 g/mol. The second-order valence-corrected chi connectivity index (χ2v) is 35.5. The van der Waals surface area contributed by atoms with Crippen molar-refractivity contribution in [1.29, 1.82) is 0 Å². The minimum atomic E-state index is 0.813. The van der Waals surface area contributed by atoms with Crippen LogP contribution in [0.2, 0.25) is 0 Å². The Morgan fingerprint density at radius 3 is 0.695 bits per heavy atom. The molecule has 13 aromatic heterocycles. The summed E-state index contributed by atoms with van der Waals surface area (Å²) in [5.41, 5.74) is 33.3. The highest BCUT2D eigenvalue weighted by molar-refractivity contribution is 6.18. The number of benzene rings is 18. The third-order valence-electron chi connectivity index (χ3n) is 27.3. The number of hydrogen-bond donors (Lipinski definition) is 0. The van der Waals surface area contributed by atoms with Crippen molar-refractivity contribution in [3.63, 3.8) is 0 Å². The number of para-hydroxylation sites is 16. The summed E-state index contributed by atoms with van der Waals surface area (Å²) in [7, 11) is 0. The van der Waals surface area contributed by atoms with Crippen LogP contribution in [0.5, 0.6) is 0 Å². The molecule has 31 aromatic rings. The third-order valence-corrected chi connectivity index (χ3v) is 27.3. The SMILES string of the molecule is c1cc(-c2cccc3c2oc2ccccc23)nc(-c2cccc3c2oc2ccccc23)c1.c1ccc2c(c1)oc1c(-c3cc(-c4cccc5c4oc4ccccc45)nc(-c4cccc5c4oc4ccccc45)c3)cccc12.c1ccc2c(c1)oc1c(-c3ccnc(-c4cccc5c4oc4ccccc45)c3)cccc12.c1ccc2c(c1)oc1ccc(-c3cncc(-c4ccc5oc6ccccc6c5c4)c3)cc12. The van der Waals surface area contributed by atoms with Crippen molar-refractivity contribution in [2.24, 2.45) is 0 Å². The fourth-order valence-electron chi connectivity index (χ4n) is 20.7. The van der Waals surface area contributed by atoms with Crippen molar-refractivity contribution in [2.75, 3.05) is 0 Å². The molecule has 13 heterocycles. The maximum Gasteiger partial charge on any atom is 0.144 e. The maximum atomic E-state index is 6.49. The van der Waals surface area contributed by atoms with E-state index >= 15 is 0 Å². The zero-order valence-electron chi connectivity index (χ0n) is 75.2. The summed E-state index contributed by atoms with van der Waals surface area (Å²) in [6.45, 7) is 0. The van der Waals surface area contributed by atoms with Gasteiger partial charge in [-0.25, -0.2) is 9.97 Å². The van der Waals surface area contributed by atoms with Gasteiger partial charge in [-0.2, -0.15) is 0 Å². The van der Waals surface area contributed by atoms with Crippen molar-refractivity contribution in [3.8, 4) is 101 Å². The van der Waals surface area contributed by atoms with Crippen LogP contribution in [0.3, 0.4) is 0 Å². The van der Waals surface area contributed by atoms with Crippen LogP contribution in [-0.4, -0.2) is 19.9 Å². The molecule has 660 valence electrons. The first-order chi connectivity index (χ1) is 69.9.